The molecule has 0 atom stereocenters. The van der Waals surface area contributed by atoms with Gasteiger partial charge in [-0.15, -0.1) is 0 Å². The zero-order valence-corrected chi connectivity index (χ0v) is 12.1. The molecule has 0 aliphatic heterocycles. The minimum atomic E-state index is 0.561. The zero-order chi connectivity index (χ0) is 14.2. The van der Waals surface area contributed by atoms with Gasteiger partial charge in [0, 0.05) is 19.2 Å². The minimum Gasteiger partial charge on any atom is -0.491 e. The Morgan fingerprint density at radius 2 is 1.70 bits per heavy atom. The molecule has 2 aromatic rings. The van der Waals surface area contributed by atoms with Crippen molar-refractivity contribution in [3.05, 3.63) is 54.1 Å². The Morgan fingerprint density at radius 3 is 2.40 bits per heavy atom. The maximum Gasteiger partial charge on any atom is 0.127 e. The third-order valence-corrected chi connectivity index (χ3v) is 3.08. The molecule has 3 heteroatoms. The van der Waals surface area contributed by atoms with Gasteiger partial charge in [-0.1, -0.05) is 42.5 Å². The molecule has 20 heavy (non-hydrogen) atoms. The summed E-state index contributed by atoms with van der Waals surface area (Å²) >= 11 is 0. The molecule has 0 aliphatic rings. The van der Waals surface area contributed by atoms with Crippen molar-refractivity contribution in [1.29, 1.82) is 0 Å². The average Bonchev–Trinajstić information content (AvgIpc) is 2.49. The Kier molecular flexibility index (Phi) is 5.59. The molecule has 0 amide bonds. The molecule has 0 fully saturated rings. The van der Waals surface area contributed by atoms with Crippen LogP contribution in [0.3, 0.4) is 0 Å². The predicted octanol–water partition coefficient (Wildman–Crippen LogP) is 3.10. The number of hydrogen-bond acceptors (Lipinski definition) is 3. The predicted molar refractivity (Wildman–Crippen MR) is 82.0 cm³/mol. The average molecular weight is 271 g/mol. The van der Waals surface area contributed by atoms with E-state index in [4.69, 9.17) is 9.47 Å². The quantitative estimate of drug-likeness (QED) is 0.785. The summed E-state index contributed by atoms with van der Waals surface area (Å²) in [5.74, 6) is 0.894. The molecular formula is C17H21NO2. The molecule has 0 spiro atoms. The highest BCUT2D eigenvalue weighted by molar-refractivity contribution is 5.70. The summed E-state index contributed by atoms with van der Waals surface area (Å²) in [7, 11) is 3.63. The zero-order valence-electron chi connectivity index (χ0n) is 12.1. The molecule has 0 heterocycles. The molecule has 0 saturated carbocycles. The van der Waals surface area contributed by atoms with Crippen LogP contribution < -0.4 is 10.1 Å². The van der Waals surface area contributed by atoms with Gasteiger partial charge in [-0.25, -0.2) is 0 Å². The Bertz CT molecular complexity index is 523. The maximum absolute atomic E-state index is 5.77. The molecule has 0 radical (unpaired) electrons. The van der Waals surface area contributed by atoms with Gasteiger partial charge in [-0.2, -0.15) is 0 Å². The second-order valence-electron chi connectivity index (χ2n) is 4.56. The normalized spacial score (nSPS) is 10.5. The van der Waals surface area contributed by atoms with Gasteiger partial charge in [0.05, 0.1) is 6.61 Å². The molecule has 0 bridgehead atoms. The molecule has 2 aromatic carbocycles. The lowest BCUT2D eigenvalue weighted by atomic mass is 10.0. The SMILES string of the molecule is CNCc1ccc(-c2ccccc2OCCOC)cc1. The van der Waals surface area contributed by atoms with Crippen LogP contribution in [0.15, 0.2) is 48.5 Å². The fourth-order valence-corrected chi connectivity index (χ4v) is 2.07. The number of hydrogen-bond donors (Lipinski definition) is 1. The van der Waals surface area contributed by atoms with Gasteiger partial charge in [0.15, 0.2) is 0 Å². The number of methoxy groups -OCH3 is 1. The molecule has 0 saturated heterocycles. The van der Waals surface area contributed by atoms with Crippen molar-refractivity contribution in [3.8, 4) is 16.9 Å². The Balaban J connectivity index is 2.18. The van der Waals surface area contributed by atoms with Crippen LogP contribution in [-0.4, -0.2) is 27.4 Å². The van der Waals surface area contributed by atoms with Crippen molar-refractivity contribution in [1.82, 2.24) is 5.32 Å². The lowest BCUT2D eigenvalue weighted by molar-refractivity contribution is 0.146. The van der Waals surface area contributed by atoms with Gasteiger partial charge < -0.3 is 14.8 Å². The lowest BCUT2D eigenvalue weighted by Crippen LogP contribution is -2.05. The van der Waals surface area contributed by atoms with Gasteiger partial charge >= 0.3 is 0 Å². The van der Waals surface area contributed by atoms with E-state index >= 15 is 0 Å². The summed E-state index contributed by atoms with van der Waals surface area (Å²) in [5.41, 5.74) is 3.55. The third kappa shape index (κ3) is 3.83. The van der Waals surface area contributed by atoms with E-state index in [0.29, 0.717) is 13.2 Å². The van der Waals surface area contributed by atoms with Crippen LogP contribution in [0, 0.1) is 0 Å². The van der Waals surface area contributed by atoms with Crippen molar-refractivity contribution < 1.29 is 9.47 Å². The largest absolute Gasteiger partial charge is 0.491 e. The molecule has 0 unspecified atom stereocenters. The Hall–Kier alpha value is -1.84. The van der Waals surface area contributed by atoms with Gasteiger partial charge in [0.1, 0.15) is 12.4 Å². The molecule has 1 N–H and O–H groups in total. The first-order valence-corrected chi connectivity index (χ1v) is 6.80. The second-order valence-corrected chi connectivity index (χ2v) is 4.56. The summed E-state index contributed by atoms with van der Waals surface area (Å²) in [5, 5.41) is 3.15. The number of para-hydroxylation sites is 1. The highest BCUT2D eigenvalue weighted by Crippen LogP contribution is 2.29. The van der Waals surface area contributed by atoms with Crippen LogP contribution in [0.4, 0.5) is 0 Å². The van der Waals surface area contributed by atoms with Gasteiger partial charge in [-0.3, -0.25) is 0 Å². The Labute approximate surface area is 120 Å². The van der Waals surface area contributed by atoms with E-state index in [9.17, 15) is 0 Å². The van der Waals surface area contributed by atoms with E-state index in [2.05, 4.69) is 35.6 Å². The second kappa shape index (κ2) is 7.68. The molecule has 2 rings (SSSR count). The number of rotatable bonds is 7. The fourth-order valence-electron chi connectivity index (χ4n) is 2.07. The van der Waals surface area contributed by atoms with Crippen molar-refractivity contribution in [2.75, 3.05) is 27.4 Å². The fraction of sp³-hybridized carbons (Fsp3) is 0.294. The van der Waals surface area contributed by atoms with E-state index in [-0.39, 0.29) is 0 Å². The first kappa shape index (κ1) is 14.6. The monoisotopic (exact) mass is 271 g/mol. The van der Waals surface area contributed by atoms with Crippen molar-refractivity contribution >= 4 is 0 Å². The van der Waals surface area contributed by atoms with E-state index in [1.165, 1.54) is 5.56 Å². The van der Waals surface area contributed by atoms with Gasteiger partial charge in [0.2, 0.25) is 0 Å². The van der Waals surface area contributed by atoms with Crippen LogP contribution in [0.5, 0.6) is 5.75 Å². The summed E-state index contributed by atoms with van der Waals surface area (Å²) in [6, 6.07) is 16.6. The molecule has 0 aliphatic carbocycles. The topological polar surface area (TPSA) is 30.5 Å². The number of ether oxygens (including phenoxy) is 2. The van der Waals surface area contributed by atoms with Gasteiger partial charge in [-0.05, 0) is 24.2 Å². The van der Waals surface area contributed by atoms with Gasteiger partial charge in [0.25, 0.3) is 0 Å². The van der Waals surface area contributed by atoms with Crippen LogP contribution in [0.2, 0.25) is 0 Å². The van der Waals surface area contributed by atoms with Crippen LogP contribution in [0.25, 0.3) is 11.1 Å². The minimum absolute atomic E-state index is 0.561. The standard InChI is InChI=1S/C17H21NO2/c1-18-13-14-7-9-15(10-8-14)16-5-3-4-6-17(16)20-12-11-19-2/h3-10,18H,11-13H2,1-2H3. The van der Waals surface area contributed by atoms with E-state index in [0.717, 1.165) is 23.4 Å². The van der Waals surface area contributed by atoms with Crippen LogP contribution in [-0.2, 0) is 11.3 Å². The Morgan fingerprint density at radius 1 is 0.950 bits per heavy atom. The molecule has 3 nitrogen and oxygen atoms in total. The number of nitrogens with one attached hydrogen (secondary N) is 1. The first-order chi connectivity index (χ1) is 9.85. The highest BCUT2D eigenvalue weighted by atomic mass is 16.5. The molecule has 106 valence electrons. The van der Waals surface area contributed by atoms with E-state index < -0.39 is 0 Å². The van der Waals surface area contributed by atoms with E-state index in [1.807, 2.05) is 25.2 Å². The van der Waals surface area contributed by atoms with Crippen molar-refractivity contribution in [3.63, 3.8) is 0 Å². The van der Waals surface area contributed by atoms with Crippen molar-refractivity contribution in [2.45, 2.75) is 6.54 Å². The van der Waals surface area contributed by atoms with Crippen LogP contribution in [0.1, 0.15) is 5.56 Å². The van der Waals surface area contributed by atoms with E-state index in [1.54, 1.807) is 7.11 Å². The lowest BCUT2D eigenvalue weighted by Gasteiger charge is -2.11. The summed E-state index contributed by atoms with van der Waals surface area (Å²) < 4.78 is 10.8. The summed E-state index contributed by atoms with van der Waals surface area (Å²) in [6.45, 7) is 2.03. The summed E-state index contributed by atoms with van der Waals surface area (Å²) in [4.78, 5) is 0. The van der Waals surface area contributed by atoms with Crippen LogP contribution >= 0.6 is 0 Å². The third-order valence-electron chi connectivity index (χ3n) is 3.08. The first-order valence-electron chi connectivity index (χ1n) is 6.80. The number of benzene rings is 2. The molecular weight excluding hydrogens is 250 g/mol. The molecule has 0 aromatic heterocycles. The maximum atomic E-state index is 5.77. The highest BCUT2D eigenvalue weighted by Gasteiger charge is 2.05. The smallest absolute Gasteiger partial charge is 0.127 e. The van der Waals surface area contributed by atoms with Crippen molar-refractivity contribution in [2.24, 2.45) is 0 Å². The summed E-state index contributed by atoms with van der Waals surface area (Å²) in [6.07, 6.45) is 0.